The van der Waals surface area contributed by atoms with Crippen molar-refractivity contribution in [2.75, 3.05) is 24.2 Å². The summed E-state index contributed by atoms with van der Waals surface area (Å²) in [6, 6.07) is 4.75. The van der Waals surface area contributed by atoms with Crippen LogP contribution in [0.15, 0.2) is 24.4 Å². The predicted molar refractivity (Wildman–Crippen MR) is 75.9 cm³/mol. The Morgan fingerprint density at radius 1 is 1.55 bits per heavy atom. The highest BCUT2D eigenvalue weighted by atomic mass is 19.1. The van der Waals surface area contributed by atoms with E-state index in [1.54, 1.807) is 25.3 Å². The van der Waals surface area contributed by atoms with Crippen molar-refractivity contribution in [3.8, 4) is 0 Å². The molecular formula is C14H16FN3O2. The standard InChI is InChI=1S/C14H16FN3O2/c1-2-20-12(19)5-7-18-14-10(15)8-11(16)9-4-3-6-17-13(9)14/h3-4,6,8,18H,2,5,7,16H2,1H3. The second kappa shape index (κ2) is 6.18. The number of nitrogen functional groups attached to an aromatic ring is 1. The highest BCUT2D eigenvalue weighted by Gasteiger charge is 2.12. The van der Waals surface area contributed by atoms with E-state index in [1.165, 1.54) is 6.07 Å². The van der Waals surface area contributed by atoms with Crippen LogP contribution in [0.3, 0.4) is 0 Å². The van der Waals surface area contributed by atoms with Gasteiger partial charge in [0.15, 0.2) is 5.82 Å². The van der Waals surface area contributed by atoms with E-state index >= 15 is 0 Å². The number of rotatable bonds is 5. The van der Waals surface area contributed by atoms with Crippen LogP contribution in [0.25, 0.3) is 10.9 Å². The van der Waals surface area contributed by atoms with Crippen LogP contribution in [0, 0.1) is 5.82 Å². The monoisotopic (exact) mass is 277 g/mol. The van der Waals surface area contributed by atoms with Crippen LogP contribution in [0.4, 0.5) is 15.8 Å². The second-order valence-corrected chi connectivity index (χ2v) is 4.20. The summed E-state index contributed by atoms with van der Waals surface area (Å²) in [4.78, 5) is 15.4. The van der Waals surface area contributed by atoms with Crippen LogP contribution < -0.4 is 11.1 Å². The maximum absolute atomic E-state index is 14.0. The Morgan fingerprint density at radius 3 is 3.10 bits per heavy atom. The lowest BCUT2D eigenvalue weighted by Crippen LogP contribution is -2.12. The predicted octanol–water partition coefficient (Wildman–Crippen LogP) is 2.32. The summed E-state index contributed by atoms with van der Waals surface area (Å²) < 4.78 is 18.8. The van der Waals surface area contributed by atoms with Gasteiger partial charge in [-0.05, 0) is 25.1 Å². The SMILES string of the molecule is CCOC(=O)CCNc1c(F)cc(N)c2cccnc12. The Labute approximate surface area is 115 Å². The van der Waals surface area contributed by atoms with Crippen molar-refractivity contribution in [2.24, 2.45) is 0 Å². The smallest absolute Gasteiger partial charge is 0.307 e. The molecule has 5 nitrogen and oxygen atoms in total. The molecule has 0 unspecified atom stereocenters. The molecule has 0 saturated heterocycles. The van der Waals surface area contributed by atoms with Crippen LogP contribution in [0.2, 0.25) is 0 Å². The Balaban J connectivity index is 2.19. The zero-order chi connectivity index (χ0) is 14.5. The molecule has 2 aromatic rings. The molecule has 0 aliphatic rings. The maximum atomic E-state index is 14.0. The summed E-state index contributed by atoms with van der Waals surface area (Å²) >= 11 is 0. The highest BCUT2D eigenvalue weighted by molar-refractivity contribution is 5.98. The average molecular weight is 277 g/mol. The quantitative estimate of drug-likeness (QED) is 0.648. The topological polar surface area (TPSA) is 77.2 Å². The van der Waals surface area contributed by atoms with Gasteiger partial charge in [0.2, 0.25) is 0 Å². The Kier molecular flexibility index (Phi) is 4.34. The first-order chi connectivity index (χ1) is 9.63. The van der Waals surface area contributed by atoms with Crippen molar-refractivity contribution in [3.05, 3.63) is 30.2 Å². The number of halogens is 1. The molecule has 106 valence electrons. The van der Waals surface area contributed by atoms with E-state index < -0.39 is 5.82 Å². The number of anilines is 2. The summed E-state index contributed by atoms with van der Waals surface area (Å²) in [5.74, 6) is -0.814. The number of aromatic nitrogens is 1. The number of ether oxygens (including phenoxy) is 1. The van der Waals surface area contributed by atoms with Crippen molar-refractivity contribution in [2.45, 2.75) is 13.3 Å². The number of carbonyl (C=O) groups excluding carboxylic acids is 1. The summed E-state index contributed by atoms with van der Waals surface area (Å²) in [6.45, 7) is 2.34. The first kappa shape index (κ1) is 14.0. The largest absolute Gasteiger partial charge is 0.466 e. The van der Waals surface area contributed by atoms with Crippen LogP contribution in [-0.2, 0) is 9.53 Å². The molecule has 0 fully saturated rings. The minimum absolute atomic E-state index is 0.159. The van der Waals surface area contributed by atoms with Crippen LogP contribution >= 0.6 is 0 Å². The maximum Gasteiger partial charge on any atom is 0.307 e. The fourth-order valence-corrected chi connectivity index (χ4v) is 1.93. The second-order valence-electron chi connectivity index (χ2n) is 4.20. The number of fused-ring (bicyclic) bond motifs is 1. The molecule has 0 bridgehead atoms. The molecule has 6 heteroatoms. The molecule has 3 N–H and O–H groups in total. The lowest BCUT2D eigenvalue weighted by atomic mass is 10.1. The molecule has 0 radical (unpaired) electrons. The zero-order valence-electron chi connectivity index (χ0n) is 11.1. The summed E-state index contributed by atoms with van der Waals surface area (Å²) in [5, 5.41) is 3.55. The normalized spacial score (nSPS) is 10.5. The van der Waals surface area contributed by atoms with Gasteiger partial charge in [-0.3, -0.25) is 9.78 Å². The summed E-state index contributed by atoms with van der Waals surface area (Å²) in [7, 11) is 0. The van der Waals surface area contributed by atoms with Gasteiger partial charge in [-0.1, -0.05) is 0 Å². The summed E-state index contributed by atoms with van der Waals surface area (Å²) in [6.07, 6.45) is 1.73. The third-order valence-electron chi connectivity index (χ3n) is 2.81. The number of esters is 1. The zero-order valence-corrected chi connectivity index (χ0v) is 11.1. The molecule has 0 atom stereocenters. The van der Waals surface area contributed by atoms with Crippen molar-refractivity contribution >= 4 is 28.2 Å². The Morgan fingerprint density at radius 2 is 2.35 bits per heavy atom. The first-order valence-corrected chi connectivity index (χ1v) is 6.35. The van der Waals surface area contributed by atoms with Gasteiger partial charge < -0.3 is 15.8 Å². The number of hydrogen-bond acceptors (Lipinski definition) is 5. The van der Waals surface area contributed by atoms with E-state index in [2.05, 4.69) is 10.3 Å². The van der Waals surface area contributed by atoms with Crippen molar-refractivity contribution in [3.63, 3.8) is 0 Å². The molecule has 20 heavy (non-hydrogen) atoms. The molecule has 1 aromatic carbocycles. The van der Waals surface area contributed by atoms with E-state index in [9.17, 15) is 9.18 Å². The molecular weight excluding hydrogens is 261 g/mol. The molecule has 0 amide bonds. The number of benzene rings is 1. The number of hydrogen-bond donors (Lipinski definition) is 2. The summed E-state index contributed by atoms with van der Waals surface area (Å²) in [5.41, 5.74) is 6.80. The third-order valence-corrected chi connectivity index (χ3v) is 2.81. The third kappa shape index (κ3) is 2.96. The Hall–Kier alpha value is -2.37. The van der Waals surface area contributed by atoms with Gasteiger partial charge in [0, 0.05) is 23.8 Å². The molecule has 0 aliphatic carbocycles. The molecule has 1 heterocycles. The molecule has 1 aromatic heterocycles. The van der Waals surface area contributed by atoms with Gasteiger partial charge in [-0.25, -0.2) is 4.39 Å². The number of nitrogens with zero attached hydrogens (tertiary/aromatic N) is 1. The first-order valence-electron chi connectivity index (χ1n) is 6.35. The minimum Gasteiger partial charge on any atom is -0.466 e. The Bertz CT molecular complexity index is 631. The number of pyridine rings is 1. The van der Waals surface area contributed by atoms with Crippen LogP contribution in [-0.4, -0.2) is 24.1 Å². The highest BCUT2D eigenvalue weighted by Crippen LogP contribution is 2.29. The lowest BCUT2D eigenvalue weighted by Gasteiger charge is -2.11. The van der Waals surface area contributed by atoms with Gasteiger partial charge in [0.1, 0.15) is 0 Å². The van der Waals surface area contributed by atoms with E-state index in [1.807, 2.05) is 0 Å². The van der Waals surface area contributed by atoms with Gasteiger partial charge in [0.25, 0.3) is 0 Å². The molecule has 0 spiro atoms. The van der Waals surface area contributed by atoms with E-state index in [4.69, 9.17) is 10.5 Å². The van der Waals surface area contributed by atoms with Crippen molar-refractivity contribution in [1.82, 2.24) is 4.98 Å². The van der Waals surface area contributed by atoms with Gasteiger partial charge in [0.05, 0.1) is 24.2 Å². The average Bonchev–Trinajstić information content (AvgIpc) is 2.43. The molecule has 0 aliphatic heterocycles. The molecule has 0 saturated carbocycles. The number of nitrogens with two attached hydrogens (primary N) is 1. The fraction of sp³-hybridized carbons (Fsp3) is 0.286. The van der Waals surface area contributed by atoms with Gasteiger partial charge >= 0.3 is 5.97 Å². The molecule has 2 rings (SSSR count). The fourth-order valence-electron chi connectivity index (χ4n) is 1.93. The number of carbonyl (C=O) groups is 1. The van der Waals surface area contributed by atoms with Gasteiger partial charge in [-0.2, -0.15) is 0 Å². The number of nitrogens with one attached hydrogen (secondary N) is 1. The van der Waals surface area contributed by atoms with E-state index in [-0.39, 0.29) is 24.6 Å². The van der Waals surface area contributed by atoms with E-state index in [0.717, 1.165) is 0 Å². The van der Waals surface area contributed by atoms with Crippen molar-refractivity contribution in [1.29, 1.82) is 0 Å². The van der Waals surface area contributed by atoms with Crippen LogP contribution in [0.5, 0.6) is 0 Å². The van der Waals surface area contributed by atoms with E-state index in [0.29, 0.717) is 23.2 Å². The lowest BCUT2D eigenvalue weighted by molar-refractivity contribution is -0.142. The van der Waals surface area contributed by atoms with Gasteiger partial charge in [-0.15, -0.1) is 0 Å². The van der Waals surface area contributed by atoms with Crippen molar-refractivity contribution < 1.29 is 13.9 Å². The minimum atomic E-state index is -0.488. The van der Waals surface area contributed by atoms with Crippen LogP contribution in [0.1, 0.15) is 13.3 Å².